The van der Waals surface area contributed by atoms with Gasteiger partial charge in [0, 0.05) is 30.8 Å². The van der Waals surface area contributed by atoms with Crippen LogP contribution in [0.15, 0.2) is 66.7 Å². The Morgan fingerprint density at radius 2 is 1.59 bits per heavy atom. The minimum Gasteiger partial charge on any atom is -0.448 e. The first kappa shape index (κ1) is 21.3. The molecule has 2 aliphatic heterocycles. The number of hydrogen-bond donors (Lipinski definition) is 1. The maximum atomic E-state index is 13.7. The third-order valence-corrected chi connectivity index (χ3v) is 7.75. The molecule has 5 nitrogen and oxygen atoms in total. The molecule has 2 atom stereocenters. The average Bonchev–Trinajstić information content (AvgIpc) is 3.16. The number of ether oxygens (including phenoxy) is 1. The first-order chi connectivity index (χ1) is 16.5. The van der Waals surface area contributed by atoms with E-state index in [0.29, 0.717) is 18.5 Å². The lowest BCUT2D eigenvalue weighted by Crippen LogP contribution is -2.59. The fraction of sp³-hybridized carbons (Fsp3) is 0.357. The molecule has 1 amide bonds. The van der Waals surface area contributed by atoms with Crippen molar-refractivity contribution in [1.29, 1.82) is 0 Å². The van der Waals surface area contributed by atoms with E-state index in [1.807, 2.05) is 29.2 Å². The fourth-order valence-electron chi connectivity index (χ4n) is 6.27. The van der Waals surface area contributed by atoms with Crippen molar-refractivity contribution >= 4 is 6.09 Å². The van der Waals surface area contributed by atoms with Crippen molar-refractivity contribution in [1.82, 2.24) is 9.88 Å². The Balaban J connectivity index is 1.21. The van der Waals surface area contributed by atoms with E-state index in [-0.39, 0.29) is 30.7 Å². The van der Waals surface area contributed by atoms with Gasteiger partial charge in [-0.1, -0.05) is 54.6 Å². The van der Waals surface area contributed by atoms with Crippen LogP contribution in [0.4, 0.5) is 9.18 Å². The Morgan fingerprint density at radius 1 is 0.971 bits per heavy atom. The van der Waals surface area contributed by atoms with Gasteiger partial charge < -0.3 is 14.7 Å². The van der Waals surface area contributed by atoms with Crippen molar-refractivity contribution in [2.24, 2.45) is 0 Å². The molecule has 1 aliphatic carbocycles. The summed E-state index contributed by atoms with van der Waals surface area (Å²) in [6.45, 7) is 0.276. The molecule has 3 heterocycles. The summed E-state index contributed by atoms with van der Waals surface area (Å²) in [4.78, 5) is 19.1. The number of piperidine rings is 2. The highest BCUT2D eigenvalue weighted by molar-refractivity contribution is 5.79. The summed E-state index contributed by atoms with van der Waals surface area (Å²) < 4.78 is 19.7. The lowest BCUT2D eigenvalue weighted by molar-refractivity contribution is -0.0916. The molecule has 2 aromatic carbocycles. The van der Waals surface area contributed by atoms with Gasteiger partial charge in [-0.25, -0.2) is 9.78 Å². The molecule has 2 saturated heterocycles. The molecule has 2 unspecified atom stereocenters. The molecular formula is C28H27FN2O3. The number of fused-ring (bicyclic) bond motifs is 5. The standard InChI is InChI=1S/C28H27FN2O3/c29-26-14-6-13-25(30-26)28(33)15-18-7-5-8-19(16-28)31(18)27(32)34-17-24-22-11-3-1-9-20(22)21-10-2-4-12-23(21)24/h1-4,6,9-14,18-19,24,33H,5,7-8,15-17H2. The quantitative estimate of drug-likeness (QED) is 0.536. The molecule has 174 valence electrons. The van der Waals surface area contributed by atoms with E-state index >= 15 is 0 Å². The molecule has 6 rings (SSSR count). The lowest BCUT2D eigenvalue weighted by Gasteiger charge is -2.51. The second kappa shape index (κ2) is 8.20. The lowest BCUT2D eigenvalue weighted by atomic mass is 9.74. The number of hydrogen-bond acceptors (Lipinski definition) is 4. The summed E-state index contributed by atoms with van der Waals surface area (Å²) in [7, 11) is 0. The van der Waals surface area contributed by atoms with Crippen LogP contribution in [-0.4, -0.2) is 39.8 Å². The van der Waals surface area contributed by atoms with Crippen LogP contribution in [0.5, 0.6) is 0 Å². The molecule has 1 N–H and O–H groups in total. The van der Waals surface area contributed by atoms with Crippen LogP contribution in [-0.2, 0) is 10.3 Å². The van der Waals surface area contributed by atoms with Gasteiger partial charge in [0.25, 0.3) is 0 Å². The minimum atomic E-state index is -1.24. The molecule has 2 bridgehead atoms. The molecule has 1 aromatic heterocycles. The summed E-state index contributed by atoms with van der Waals surface area (Å²) in [5, 5.41) is 11.4. The summed E-state index contributed by atoms with van der Waals surface area (Å²) >= 11 is 0. The SMILES string of the molecule is O=C(OCC1c2ccccc2-c2ccccc21)N1C2CCCC1CC(O)(c1cccc(F)n1)C2. The van der Waals surface area contributed by atoms with Crippen molar-refractivity contribution in [2.75, 3.05) is 6.61 Å². The minimum absolute atomic E-state index is 0.00871. The number of carbonyl (C=O) groups is 1. The molecule has 0 radical (unpaired) electrons. The third-order valence-electron chi connectivity index (χ3n) is 7.75. The van der Waals surface area contributed by atoms with Crippen molar-refractivity contribution in [3.05, 3.63) is 89.5 Å². The zero-order valence-electron chi connectivity index (χ0n) is 18.9. The maximum Gasteiger partial charge on any atom is 0.410 e. The van der Waals surface area contributed by atoms with Gasteiger partial charge in [-0.3, -0.25) is 0 Å². The first-order valence-electron chi connectivity index (χ1n) is 12.0. The molecule has 34 heavy (non-hydrogen) atoms. The van der Waals surface area contributed by atoms with Crippen LogP contribution in [0.2, 0.25) is 0 Å². The van der Waals surface area contributed by atoms with Crippen molar-refractivity contribution in [3.63, 3.8) is 0 Å². The van der Waals surface area contributed by atoms with Crippen LogP contribution in [0.25, 0.3) is 11.1 Å². The summed E-state index contributed by atoms with van der Waals surface area (Å²) in [5.74, 6) is -0.593. The molecule has 2 fully saturated rings. The largest absolute Gasteiger partial charge is 0.448 e. The number of carbonyl (C=O) groups excluding carboxylic acids is 1. The zero-order valence-corrected chi connectivity index (χ0v) is 18.9. The van der Waals surface area contributed by atoms with E-state index < -0.39 is 11.5 Å². The highest BCUT2D eigenvalue weighted by Crippen LogP contribution is 2.46. The number of aromatic nitrogens is 1. The molecule has 3 aromatic rings. The monoisotopic (exact) mass is 458 g/mol. The smallest absolute Gasteiger partial charge is 0.410 e. The molecular weight excluding hydrogens is 431 g/mol. The summed E-state index contributed by atoms with van der Waals surface area (Å²) in [5.41, 5.74) is 3.86. The normalized spacial score (nSPS) is 25.5. The molecule has 0 saturated carbocycles. The van der Waals surface area contributed by atoms with Crippen LogP contribution >= 0.6 is 0 Å². The van der Waals surface area contributed by atoms with Gasteiger partial charge in [-0.2, -0.15) is 4.39 Å². The van der Waals surface area contributed by atoms with E-state index in [9.17, 15) is 14.3 Å². The Hall–Kier alpha value is -3.25. The van der Waals surface area contributed by atoms with Gasteiger partial charge in [-0.05, 0) is 53.6 Å². The highest BCUT2D eigenvalue weighted by Gasteiger charge is 2.49. The molecule has 0 spiro atoms. The zero-order chi connectivity index (χ0) is 23.3. The Bertz CT molecular complexity index is 1190. The van der Waals surface area contributed by atoms with Gasteiger partial charge in [0.15, 0.2) is 0 Å². The van der Waals surface area contributed by atoms with E-state index in [4.69, 9.17) is 4.74 Å². The second-order valence-electron chi connectivity index (χ2n) is 9.74. The Kier molecular flexibility index (Phi) is 5.14. The van der Waals surface area contributed by atoms with Crippen LogP contribution in [0, 0.1) is 5.95 Å². The first-order valence-corrected chi connectivity index (χ1v) is 12.0. The van der Waals surface area contributed by atoms with Crippen molar-refractivity contribution in [3.8, 4) is 11.1 Å². The van der Waals surface area contributed by atoms with Gasteiger partial charge in [-0.15, -0.1) is 0 Å². The number of halogens is 1. The van der Waals surface area contributed by atoms with Crippen molar-refractivity contribution in [2.45, 2.75) is 55.7 Å². The predicted octanol–water partition coefficient (Wildman–Crippen LogP) is 5.37. The Morgan fingerprint density at radius 3 is 2.21 bits per heavy atom. The van der Waals surface area contributed by atoms with E-state index in [1.165, 1.54) is 28.3 Å². The van der Waals surface area contributed by atoms with Gasteiger partial charge in [0.05, 0.1) is 5.69 Å². The number of amides is 1. The molecule has 6 heteroatoms. The Labute approximate surface area is 198 Å². The third kappa shape index (κ3) is 3.48. The fourth-order valence-corrected chi connectivity index (χ4v) is 6.27. The van der Waals surface area contributed by atoms with E-state index in [1.54, 1.807) is 12.1 Å². The van der Waals surface area contributed by atoms with Crippen LogP contribution in [0.3, 0.4) is 0 Å². The van der Waals surface area contributed by atoms with Crippen molar-refractivity contribution < 1.29 is 19.0 Å². The van der Waals surface area contributed by atoms with Gasteiger partial charge in [0.2, 0.25) is 5.95 Å². The highest BCUT2D eigenvalue weighted by atomic mass is 19.1. The van der Waals surface area contributed by atoms with E-state index in [0.717, 1.165) is 19.3 Å². The number of aliphatic hydroxyl groups is 1. The second-order valence-corrected chi connectivity index (χ2v) is 9.74. The number of nitrogens with zero attached hydrogens (tertiary/aromatic N) is 2. The van der Waals surface area contributed by atoms with Gasteiger partial charge in [0.1, 0.15) is 12.2 Å². The molecule has 3 aliphatic rings. The topological polar surface area (TPSA) is 62.7 Å². The summed E-state index contributed by atoms with van der Waals surface area (Å²) in [6, 6.07) is 20.8. The summed E-state index contributed by atoms with van der Waals surface area (Å²) in [6.07, 6.45) is 2.92. The van der Waals surface area contributed by atoms with E-state index in [2.05, 4.69) is 29.2 Å². The van der Waals surface area contributed by atoms with Crippen LogP contribution in [0.1, 0.15) is 54.8 Å². The average molecular weight is 459 g/mol. The number of benzene rings is 2. The number of rotatable bonds is 3. The predicted molar refractivity (Wildman–Crippen MR) is 126 cm³/mol. The van der Waals surface area contributed by atoms with Crippen LogP contribution < -0.4 is 0 Å². The number of pyridine rings is 1. The maximum absolute atomic E-state index is 13.7. The van der Waals surface area contributed by atoms with Gasteiger partial charge >= 0.3 is 6.09 Å².